The molecule has 0 bridgehead atoms. The smallest absolute Gasteiger partial charge is 0.325 e. The molecule has 3 rings (SSSR count). The quantitative estimate of drug-likeness (QED) is 0.808. The van der Waals surface area contributed by atoms with Gasteiger partial charge < -0.3 is 14.6 Å². The number of esters is 1. The van der Waals surface area contributed by atoms with E-state index >= 15 is 0 Å². The van der Waals surface area contributed by atoms with Crippen molar-refractivity contribution in [2.24, 2.45) is 0 Å². The van der Waals surface area contributed by atoms with Crippen LogP contribution in [0.1, 0.15) is 37.9 Å². The number of para-hydroxylation sites is 1. The fourth-order valence-corrected chi connectivity index (χ4v) is 3.59. The van der Waals surface area contributed by atoms with Gasteiger partial charge >= 0.3 is 5.97 Å². The van der Waals surface area contributed by atoms with Gasteiger partial charge in [-0.15, -0.1) is 0 Å². The summed E-state index contributed by atoms with van der Waals surface area (Å²) in [5.41, 5.74) is 2.28. The molecule has 0 radical (unpaired) electrons. The van der Waals surface area contributed by atoms with E-state index < -0.39 is 0 Å². The number of hydrogen-bond donors (Lipinski definition) is 1. The van der Waals surface area contributed by atoms with E-state index in [0.717, 1.165) is 37.0 Å². The first-order chi connectivity index (χ1) is 12.6. The van der Waals surface area contributed by atoms with Crippen LogP contribution < -0.4 is 0 Å². The minimum atomic E-state index is -0.367. The summed E-state index contributed by atoms with van der Waals surface area (Å²) in [6, 6.07) is 10.6. The Balaban J connectivity index is 1.68. The lowest BCUT2D eigenvalue weighted by molar-refractivity contribution is -0.148. The third-order valence-corrected chi connectivity index (χ3v) is 4.96. The molecule has 0 saturated carbocycles. The second-order valence-electron chi connectivity index (χ2n) is 6.85. The summed E-state index contributed by atoms with van der Waals surface area (Å²) in [6.45, 7) is 3.29. The molecule has 0 spiro atoms. The van der Waals surface area contributed by atoms with Gasteiger partial charge in [-0.1, -0.05) is 24.6 Å². The summed E-state index contributed by atoms with van der Waals surface area (Å²) in [5.74, 6) is -0.421. The van der Waals surface area contributed by atoms with Gasteiger partial charge in [0.15, 0.2) is 0 Å². The van der Waals surface area contributed by atoms with E-state index in [0.29, 0.717) is 13.2 Å². The zero-order valence-electron chi connectivity index (χ0n) is 15.5. The van der Waals surface area contributed by atoms with Gasteiger partial charge in [-0.3, -0.25) is 14.5 Å². The molecule has 1 aliphatic rings. The minimum absolute atomic E-state index is 0.00241. The molecule has 6 heteroatoms. The highest BCUT2D eigenvalue weighted by molar-refractivity contribution is 5.83. The van der Waals surface area contributed by atoms with Gasteiger partial charge in [0.2, 0.25) is 5.91 Å². The summed E-state index contributed by atoms with van der Waals surface area (Å²) in [6.07, 6.45) is 3.27. The first-order valence-electron chi connectivity index (χ1n) is 9.29. The van der Waals surface area contributed by atoms with E-state index in [4.69, 9.17) is 4.74 Å². The molecule has 2 heterocycles. The molecule has 1 fully saturated rings. The van der Waals surface area contributed by atoms with Crippen molar-refractivity contribution < 1.29 is 14.3 Å². The number of piperidine rings is 1. The summed E-state index contributed by atoms with van der Waals surface area (Å²) in [7, 11) is 1.65. The average Bonchev–Trinajstić information content (AvgIpc) is 3.06. The summed E-state index contributed by atoms with van der Waals surface area (Å²) in [5, 5.41) is 1.19. The van der Waals surface area contributed by atoms with Gasteiger partial charge in [-0.25, -0.2) is 0 Å². The van der Waals surface area contributed by atoms with Crippen LogP contribution in [0, 0.1) is 0 Å². The average molecular weight is 357 g/mol. The lowest BCUT2D eigenvalue weighted by Gasteiger charge is -2.35. The number of likely N-dealkylation sites (N-methyl/N-ethyl adjacent to an activating group) is 1. The molecule has 1 saturated heterocycles. The Morgan fingerprint density at radius 3 is 2.88 bits per heavy atom. The molecule has 0 aliphatic carbocycles. The molecule has 1 amide bonds. The van der Waals surface area contributed by atoms with E-state index in [1.807, 2.05) is 12.1 Å². The number of aromatic nitrogens is 1. The van der Waals surface area contributed by atoms with Crippen molar-refractivity contribution in [1.82, 2.24) is 14.8 Å². The highest BCUT2D eigenvalue weighted by atomic mass is 16.5. The Labute approximate surface area is 154 Å². The molecule has 26 heavy (non-hydrogen) atoms. The number of carbonyl (C=O) groups is 2. The van der Waals surface area contributed by atoms with Crippen LogP contribution in [0.15, 0.2) is 30.3 Å². The molecule has 1 N–H and O–H groups in total. The zero-order valence-corrected chi connectivity index (χ0v) is 15.5. The maximum atomic E-state index is 12.6. The Kier molecular flexibility index (Phi) is 5.93. The van der Waals surface area contributed by atoms with E-state index in [1.54, 1.807) is 14.0 Å². The Hall–Kier alpha value is -2.34. The number of aromatic amines is 1. The highest BCUT2D eigenvalue weighted by Gasteiger charge is 2.28. The second kappa shape index (κ2) is 8.36. The van der Waals surface area contributed by atoms with Crippen molar-refractivity contribution in [2.75, 3.05) is 33.3 Å². The van der Waals surface area contributed by atoms with Gasteiger partial charge in [0.1, 0.15) is 6.54 Å². The molecule has 140 valence electrons. The standard InChI is InChI=1S/C20H27N3O3/c1-3-26-20(25)14-22(2)19(24)13-23-11-7-6-10-18(23)17-12-15-8-4-5-9-16(15)21-17/h4-5,8-9,12,18,21H,3,6-7,10-11,13-14H2,1-2H3. The molecule has 1 unspecified atom stereocenters. The molecular formula is C20H27N3O3. The van der Waals surface area contributed by atoms with Crippen LogP contribution in [0.5, 0.6) is 0 Å². The Bertz CT molecular complexity index is 738. The first kappa shape index (κ1) is 18.5. The van der Waals surface area contributed by atoms with Gasteiger partial charge in [0.25, 0.3) is 0 Å². The molecule has 6 nitrogen and oxygen atoms in total. The number of H-pyrrole nitrogens is 1. The van der Waals surface area contributed by atoms with Crippen LogP contribution in [-0.2, 0) is 14.3 Å². The lowest BCUT2D eigenvalue weighted by Crippen LogP contribution is -2.43. The molecule has 1 aromatic carbocycles. The third kappa shape index (κ3) is 4.25. The number of carbonyl (C=O) groups excluding carboxylic acids is 2. The fraction of sp³-hybridized carbons (Fsp3) is 0.500. The largest absolute Gasteiger partial charge is 0.465 e. The van der Waals surface area contributed by atoms with Crippen molar-refractivity contribution in [3.05, 3.63) is 36.0 Å². The fourth-order valence-electron chi connectivity index (χ4n) is 3.59. The van der Waals surface area contributed by atoms with Crippen LogP contribution in [0.2, 0.25) is 0 Å². The number of amides is 1. The topological polar surface area (TPSA) is 65.6 Å². The molecular weight excluding hydrogens is 330 g/mol. The van der Waals surface area contributed by atoms with E-state index in [1.165, 1.54) is 10.3 Å². The van der Waals surface area contributed by atoms with E-state index in [-0.39, 0.29) is 24.5 Å². The normalized spacial score (nSPS) is 18.0. The SMILES string of the molecule is CCOC(=O)CN(C)C(=O)CN1CCCCC1c1cc2ccccc2[nH]1. The van der Waals surface area contributed by atoms with E-state index in [2.05, 4.69) is 28.1 Å². The van der Waals surface area contributed by atoms with Crippen LogP contribution in [0.25, 0.3) is 10.9 Å². The van der Waals surface area contributed by atoms with Gasteiger partial charge in [0.05, 0.1) is 19.2 Å². The van der Waals surface area contributed by atoms with Crippen LogP contribution in [0.3, 0.4) is 0 Å². The summed E-state index contributed by atoms with van der Waals surface area (Å²) in [4.78, 5) is 31.3. The number of ether oxygens (including phenoxy) is 1. The number of hydrogen-bond acceptors (Lipinski definition) is 4. The lowest BCUT2D eigenvalue weighted by atomic mass is 9.99. The van der Waals surface area contributed by atoms with Gasteiger partial charge in [-0.2, -0.15) is 0 Å². The van der Waals surface area contributed by atoms with Gasteiger partial charge in [-0.05, 0) is 43.8 Å². The summed E-state index contributed by atoms with van der Waals surface area (Å²) >= 11 is 0. The van der Waals surface area contributed by atoms with Crippen molar-refractivity contribution >= 4 is 22.8 Å². The second-order valence-corrected chi connectivity index (χ2v) is 6.85. The predicted octanol–water partition coefficient (Wildman–Crippen LogP) is 2.72. The number of fused-ring (bicyclic) bond motifs is 1. The first-order valence-corrected chi connectivity index (χ1v) is 9.29. The highest BCUT2D eigenvalue weighted by Crippen LogP contribution is 2.32. The number of nitrogens with one attached hydrogen (secondary N) is 1. The van der Waals surface area contributed by atoms with Gasteiger partial charge in [0, 0.05) is 18.3 Å². The maximum Gasteiger partial charge on any atom is 0.325 e. The Morgan fingerprint density at radius 1 is 1.31 bits per heavy atom. The van der Waals surface area contributed by atoms with Crippen LogP contribution in [-0.4, -0.2) is 59.9 Å². The third-order valence-electron chi connectivity index (χ3n) is 4.96. The number of likely N-dealkylation sites (tertiary alicyclic amines) is 1. The van der Waals surface area contributed by atoms with Crippen molar-refractivity contribution in [1.29, 1.82) is 0 Å². The predicted molar refractivity (Wildman–Crippen MR) is 101 cm³/mol. The number of nitrogens with zero attached hydrogens (tertiary/aromatic N) is 2. The van der Waals surface area contributed by atoms with Crippen LogP contribution >= 0.6 is 0 Å². The molecule has 1 aliphatic heterocycles. The maximum absolute atomic E-state index is 12.6. The monoisotopic (exact) mass is 357 g/mol. The minimum Gasteiger partial charge on any atom is -0.465 e. The van der Waals surface area contributed by atoms with Crippen LogP contribution in [0.4, 0.5) is 0 Å². The number of rotatable bonds is 6. The number of benzene rings is 1. The van der Waals surface area contributed by atoms with Crippen molar-refractivity contribution in [3.8, 4) is 0 Å². The van der Waals surface area contributed by atoms with Crippen molar-refractivity contribution in [3.63, 3.8) is 0 Å². The Morgan fingerprint density at radius 2 is 2.12 bits per heavy atom. The van der Waals surface area contributed by atoms with Crippen molar-refractivity contribution in [2.45, 2.75) is 32.2 Å². The summed E-state index contributed by atoms with van der Waals surface area (Å²) < 4.78 is 4.93. The molecule has 1 aromatic heterocycles. The van der Waals surface area contributed by atoms with E-state index in [9.17, 15) is 9.59 Å². The zero-order chi connectivity index (χ0) is 18.5. The molecule has 2 aromatic rings. The molecule has 1 atom stereocenters.